The molecular formula is C27H25Br3O4. The van der Waals surface area contributed by atoms with Gasteiger partial charge in [-0.15, -0.1) is 0 Å². The van der Waals surface area contributed by atoms with Gasteiger partial charge < -0.3 is 18.9 Å². The maximum Gasteiger partial charge on any atom is 0.188 e. The van der Waals surface area contributed by atoms with Crippen LogP contribution in [-0.4, -0.2) is 26.1 Å². The summed E-state index contributed by atoms with van der Waals surface area (Å²) in [6.45, 7) is 4.32. The fourth-order valence-electron chi connectivity index (χ4n) is 3.92. The molecule has 0 unspecified atom stereocenters. The van der Waals surface area contributed by atoms with Crippen molar-refractivity contribution >= 4 is 69.3 Å². The third kappa shape index (κ3) is 5.54. The number of ether oxygens (including phenoxy) is 4. The maximum absolute atomic E-state index is 6.29. The molecule has 0 aliphatic rings. The molecule has 0 aliphatic heterocycles. The Morgan fingerprint density at radius 1 is 0.647 bits per heavy atom. The van der Waals surface area contributed by atoms with Crippen LogP contribution in [0.3, 0.4) is 0 Å². The zero-order valence-corrected chi connectivity index (χ0v) is 23.9. The molecule has 0 spiro atoms. The lowest BCUT2D eigenvalue weighted by Crippen LogP contribution is -2.23. The number of hydrogen-bond acceptors (Lipinski definition) is 4. The number of benzene rings is 4. The van der Waals surface area contributed by atoms with Crippen molar-refractivity contribution in [1.82, 2.24) is 0 Å². The van der Waals surface area contributed by atoms with E-state index in [1.807, 2.05) is 42.5 Å². The average Bonchev–Trinajstić information content (AvgIpc) is 2.82. The summed E-state index contributed by atoms with van der Waals surface area (Å²) in [6.07, 6.45) is 0.661. The van der Waals surface area contributed by atoms with Crippen molar-refractivity contribution in [1.29, 1.82) is 0 Å². The van der Waals surface area contributed by atoms with E-state index < -0.39 is 0 Å². The molecule has 4 aromatic rings. The molecule has 34 heavy (non-hydrogen) atoms. The summed E-state index contributed by atoms with van der Waals surface area (Å²) in [7, 11) is 1.60. The highest BCUT2D eigenvalue weighted by molar-refractivity contribution is 9.11. The Morgan fingerprint density at radius 2 is 1.18 bits per heavy atom. The fraction of sp³-hybridized carbons (Fsp3) is 0.259. The minimum absolute atomic E-state index is 0.0265. The second kappa shape index (κ2) is 11.3. The quantitative estimate of drug-likeness (QED) is 0.169. The van der Waals surface area contributed by atoms with Gasteiger partial charge in [0, 0.05) is 24.3 Å². The van der Waals surface area contributed by atoms with Crippen LogP contribution in [-0.2, 0) is 4.74 Å². The van der Waals surface area contributed by atoms with Crippen LogP contribution < -0.4 is 14.2 Å². The molecule has 178 valence electrons. The molecule has 0 bridgehead atoms. The van der Waals surface area contributed by atoms with Crippen molar-refractivity contribution in [3.05, 3.63) is 74.1 Å². The molecule has 0 aromatic heterocycles. The van der Waals surface area contributed by atoms with Crippen LogP contribution in [0.4, 0.5) is 0 Å². The number of fused-ring (bicyclic) bond motifs is 2. The molecule has 0 N–H and O–H groups in total. The summed E-state index contributed by atoms with van der Waals surface area (Å²) in [5.74, 6) is 2.35. The number of halogens is 3. The van der Waals surface area contributed by atoms with E-state index in [1.165, 1.54) is 5.39 Å². The van der Waals surface area contributed by atoms with E-state index in [-0.39, 0.29) is 19.0 Å². The van der Waals surface area contributed by atoms with Gasteiger partial charge in [-0.1, -0.05) is 30.3 Å². The highest BCUT2D eigenvalue weighted by Gasteiger charge is 2.17. The van der Waals surface area contributed by atoms with E-state index in [0.29, 0.717) is 0 Å². The van der Waals surface area contributed by atoms with Gasteiger partial charge in [0.1, 0.15) is 17.2 Å². The van der Waals surface area contributed by atoms with Gasteiger partial charge in [0.2, 0.25) is 0 Å². The molecule has 0 radical (unpaired) electrons. The van der Waals surface area contributed by atoms with Gasteiger partial charge in [-0.2, -0.15) is 0 Å². The molecule has 2 atom stereocenters. The Bertz CT molecular complexity index is 1310. The summed E-state index contributed by atoms with van der Waals surface area (Å²) in [5.41, 5.74) is 0. The lowest BCUT2D eigenvalue weighted by molar-refractivity contribution is 0.0507. The maximum atomic E-state index is 6.29. The minimum atomic E-state index is -0.0456. The largest absolute Gasteiger partial charge is 0.489 e. The number of methoxy groups -OCH3 is 1. The Hall–Kier alpha value is -1.80. The summed E-state index contributed by atoms with van der Waals surface area (Å²) in [6, 6.07) is 20.3. The zero-order chi connectivity index (χ0) is 24.2. The van der Waals surface area contributed by atoms with Crippen LogP contribution in [0.15, 0.2) is 74.1 Å². The first kappa shape index (κ1) is 25.3. The topological polar surface area (TPSA) is 36.9 Å². The van der Waals surface area contributed by atoms with Gasteiger partial charge in [-0.05, 0) is 103 Å². The normalized spacial score (nSPS) is 13.1. The van der Waals surface area contributed by atoms with Crippen LogP contribution in [0.5, 0.6) is 17.2 Å². The molecule has 7 heteroatoms. The first-order valence-corrected chi connectivity index (χ1v) is 13.3. The van der Waals surface area contributed by atoms with E-state index >= 15 is 0 Å². The van der Waals surface area contributed by atoms with Gasteiger partial charge >= 0.3 is 0 Å². The van der Waals surface area contributed by atoms with Crippen LogP contribution in [0.1, 0.15) is 20.3 Å². The van der Waals surface area contributed by atoms with E-state index in [2.05, 4.69) is 79.8 Å². The van der Waals surface area contributed by atoms with E-state index in [0.717, 1.165) is 53.2 Å². The van der Waals surface area contributed by atoms with Gasteiger partial charge in [-0.25, -0.2) is 0 Å². The molecule has 0 aliphatic carbocycles. The molecule has 0 heterocycles. The molecule has 0 saturated carbocycles. The molecule has 4 nitrogen and oxygen atoms in total. The molecule has 0 saturated heterocycles. The first-order chi connectivity index (χ1) is 16.4. The molecular weight excluding hydrogens is 628 g/mol. The Kier molecular flexibility index (Phi) is 8.40. The molecule has 0 amide bonds. The lowest BCUT2D eigenvalue weighted by atomic mass is 10.1. The molecule has 4 rings (SSSR count). The van der Waals surface area contributed by atoms with Gasteiger partial charge in [0.15, 0.2) is 6.79 Å². The Morgan fingerprint density at radius 3 is 1.82 bits per heavy atom. The predicted molar refractivity (Wildman–Crippen MR) is 148 cm³/mol. The summed E-state index contributed by atoms with van der Waals surface area (Å²) >= 11 is 11.1. The second-order valence-electron chi connectivity index (χ2n) is 8.09. The third-order valence-corrected chi connectivity index (χ3v) is 7.93. The fourth-order valence-corrected chi connectivity index (χ4v) is 5.67. The third-order valence-electron chi connectivity index (χ3n) is 5.48. The minimum Gasteiger partial charge on any atom is -0.489 e. The lowest BCUT2D eigenvalue weighted by Gasteiger charge is -2.22. The molecule has 4 aromatic carbocycles. The Labute approximate surface area is 224 Å². The number of rotatable bonds is 9. The van der Waals surface area contributed by atoms with Gasteiger partial charge in [-0.3, -0.25) is 0 Å². The van der Waals surface area contributed by atoms with E-state index in [9.17, 15) is 0 Å². The van der Waals surface area contributed by atoms with Crippen molar-refractivity contribution in [3.63, 3.8) is 0 Å². The average molecular weight is 653 g/mol. The van der Waals surface area contributed by atoms with Crippen molar-refractivity contribution in [2.24, 2.45) is 0 Å². The van der Waals surface area contributed by atoms with Crippen molar-refractivity contribution < 1.29 is 18.9 Å². The smallest absolute Gasteiger partial charge is 0.188 e. The first-order valence-electron chi connectivity index (χ1n) is 10.9. The molecule has 0 fully saturated rings. The number of hydrogen-bond donors (Lipinski definition) is 0. The van der Waals surface area contributed by atoms with Crippen LogP contribution in [0, 0.1) is 0 Å². The Balaban J connectivity index is 1.45. The van der Waals surface area contributed by atoms with Gasteiger partial charge in [0.05, 0.1) is 25.6 Å². The van der Waals surface area contributed by atoms with Gasteiger partial charge in [0.25, 0.3) is 0 Å². The standard InChI is InChI=1S/C27H25Br3O4/c1-16(33-23-11-8-18-6-4-5-7-19(18)25(23)28)14-17(2)34-24-13-10-20-21(27(24)30)9-12-22(26(20)29)32-15-31-3/h4-13,16-17H,14-15H2,1-3H3/t16-,17-/m0/s1. The zero-order valence-electron chi connectivity index (χ0n) is 19.1. The van der Waals surface area contributed by atoms with Crippen molar-refractivity contribution in [2.45, 2.75) is 32.5 Å². The monoisotopic (exact) mass is 650 g/mol. The van der Waals surface area contributed by atoms with Crippen molar-refractivity contribution in [3.8, 4) is 17.2 Å². The SMILES string of the molecule is COCOc1ccc2c(Br)c(O[C@@H](C)C[C@H](C)Oc3ccc4ccccc4c3Br)ccc2c1Br. The van der Waals surface area contributed by atoms with Crippen molar-refractivity contribution in [2.75, 3.05) is 13.9 Å². The highest BCUT2D eigenvalue weighted by atomic mass is 79.9. The van der Waals surface area contributed by atoms with E-state index in [1.54, 1.807) is 7.11 Å². The highest BCUT2D eigenvalue weighted by Crippen LogP contribution is 2.41. The van der Waals surface area contributed by atoms with E-state index in [4.69, 9.17) is 18.9 Å². The summed E-state index contributed by atoms with van der Waals surface area (Å²) in [4.78, 5) is 0. The van der Waals surface area contributed by atoms with Crippen LogP contribution in [0.2, 0.25) is 0 Å². The van der Waals surface area contributed by atoms with Crippen LogP contribution in [0.25, 0.3) is 21.5 Å². The second-order valence-corrected chi connectivity index (χ2v) is 10.5. The summed E-state index contributed by atoms with van der Waals surface area (Å²) in [5, 5.41) is 4.37. The summed E-state index contributed by atoms with van der Waals surface area (Å²) < 4.78 is 25.9. The van der Waals surface area contributed by atoms with Crippen LogP contribution >= 0.6 is 47.8 Å². The predicted octanol–water partition coefficient (Wildman–Crippen LogP) is 8.89.